The van der Waals surface area contributed by atoms with Crippen LogP contribution in [0.5, 0.6) is 0 Å². The molecule has 0 aromatic heterocycles. The molecule has 2 rings (SSSR count). The third kappa shape index (κ3) is 2.86. The van der Waals surface area contributed by atoms with Crippen LogP contribution in [0.15, 0.2) is 29.2 Å². The monoisotopic (exact) mass is 337 g/mol. The Kier molecular flexibility index (Phi) is 3.92. The van der Waals surface area contributed by atoms with Crippen molar-refractivity contribution in [3.63, 3.8) is 0 Å². The number of hydrogen-bond acceptors (Lipinski definition) is 4. The Bertz CT molecular complexity index is 712. The van der Waals surface area contributed by atoms with E-state index >= 15 is 0 Å². The van der Waals surface area contributed by atoms with Gasteiger partial charge in [-0.2, -0.15) is 4.31 Å². The van der Waals surface area contributed by atoms with E-state index in [1.807, 2.05) is 0 Å². The molecule has 1 aliphatic heterocycles. The summed E-state index contributed by atoms with van der Waals surface area (Å²) in [7, 11) is -5.49. The van der Waals surface area contributed by atoms with Crippen molar-refractivity contribution in [2.24, 2.45) is 0 Å². The first-order valence-corrected chi connectivity index (χ1v) is 9.66. The molecule has 5 nitrogen and oxygen atoms in total. The van der Waals surface area contributed by atoms with E-state index in [-0.39, 0.29) is 16.4 Å². The van der Waals surface area contributed by atoms with E-state index in [4.69, 9.17) is 11.6 Å². The van der Waals surface area contributed by atoms with E-state index in [0.29, 0.717) is 11.4 Å². The highest BCUT2D eigenvalue weighted by Gasteiger charge is 2.46. The summed E-state index contributed by atoms with van der Waals surface area (Å²) in [6.45, 7) is 1.66. The van der Waals surface area contributed by atoms with Gasteiger partial charge in [0.1, 0.15) is 0 Å². The molecule has 20 heavy (non-hydrogen) atoms. The summed E-state index contributed by atoms with van der Waals surface area (Å²) in [5.41, 5.74) is -0.905. The van der Waals surface area contributed by atoms with Crippen LogP contribution in [0.3, 0.4) is 0 Å². The summed E-state index contributed by atoms with van der Waals surface area (Å²) in [6.07, 6.45) is 0.304. The number of halogens is 1. The summed E-state index contributed by atoms with van der Waals surface area (Å²) >= 11 is 5.75. The van der Waals surface area contributed by atoms with Gasteiger partial charge in [0.05, 0.1) is 16.4 Å². The Morgan fingerprint density at radius 1 is 1.25 bits per heavy atom. The second kappa shape index (κ2) is 4.98. The third-order valence-electron chi connectivity index (χ3n) is 3.71. The molecule has 112 valence electrons. The summed E-state index contributed by atoms with van der Waals surface area (Å²) in [5, 5.41) is 0.446. The molecule has 1 atom stereocenters. The fourth-order valence-electron chi connectivity index (χ4n) is 2.30. The van der Waals surface area contributed by atoms with Gasteiger partial charge in [-0.05, 0) is 37.6 Å². The Morgan fingerprint density at radius 2 is 1.80 bits per heavy atom. The van der Waals surface area contributed by atoms with Crippen molar-refractivity contribution in [2.75, 3.05) is 18.6 Å². The average Bonchev–Trinajstić information content (AvgIpc) is 2.64. The van der Waals surface area contributed by atoms with E-state index in [0.717, 1.165) is 4.31 Å². The molecule has 1 aliphatic rings. The van der Waals surface area contributed by atoms with Gasteiger partial charge in [0.2, 0.25) is 10.0 Å². The van der Waals surface area contributed by atoms with Crippen LogP contribution in [0.25, 0.3) is 0 Å². The average molecular weight is 338 g/mol. The maximum Gasteiger partial charge on any atom is 0.243 e. The van der Waals surface area contributed by atoms with Crippen LogP contribution >= 0.6 is 11.6 Å². The van der Waals surface area contributed by atoms with Crippen molar-refractivity contribution < 1.29 is 16.8 Å². The topological polar surface area (TPSA) is 71.5 Å². The zero-order valence-electron chi connectivity index (χ0n) is 11.2. The summed E-state index contributed by atoms with van der Waals surface area (Å²) < 4.78 is 49.5. The quantitative estimate of drug-likeness (QED) is 0.838. The standard InChI is InChI=1S/C12H16ClNO4S2/c1-12(7-8-19(15,16)9-12)14(2)20(17,18)11-5-3-10(13)4-6-11/h3-6H,7-9H2,1-2H3/t12-/m0/s1. The number of hydrogen-bond donors (Lipinski definition) is 0. The number of benzene rings is 1. The fourth-order valence-corrected chi connectivity index (χ4v) is 6.22. The predicted molar refractivity (Wildman–Crippen MR) is 78.1 cm³/mol. The van der Waals surface area contributed by atoms with Gasteiger partial charge >= 0.3 is 0 Å². The highest BCUT2D eigenvalue weighted by molar-refractivity contribution is 7.92. The number of sulfonamides is 1. The van der Waals surface area contributed by atoms with E-state index in [9.17, 15) is 16.8 Å². The molecule has 1 heterocycles. The molecule has 1 fully saturated rings. The zero-order chi connectivity index (χ0) is 15.2. The maximum atomic E-state index is 12.5. The SMILES string of the molecule is CN([C@@]1(C)CCS(=O)(=O)C1)S(=O)(=O)c1ccc(Cl)cc1. The second-order valence-electron chi connectivity index (χ2n) is 5.27. The lowest BCUT2D eigenvalue weighted by atomic mass is 10.0. The molecule has 0 spiro atoms. The van der Waals surface area contributed by atoms with E-state index in [1.54, 1.807) is 6.92 Å². The first kappa shape index (κ1) is 15.8. The molecule has 1 saturated heterocycles. The highest BCUT2D eigenvalue weighted by atomic mass is 35.5. The lowest BCUT2D eigenvalue weighted by Crippen LogP contribution is -2.48. The number of sulfone groups is 1. The van der Waals surface area contributed by atoms with Crippen LogP contribution in [-0.2, 0) is 19.9 Å². The highest BCUT2D eigenvalue weighted by Crippen LogP contribution is 2.32. The van der Waals surface area contributed by atoms with Crippen molar-refractivity contribution in [3.05, 3.63) is 29.3 Å². The summed E-state index contributed by atoms with van der Waals surface area (Å²) in [5.74, 6) is -0.132. The van der Waals surface area contributed by atoms with Gasteiger partial charge in [-0.1, -0.05) is 11.6 Å². The molecule has 0 N–H and O–H groups in total. The molecular formula is C12H16ClNO4S2. The molecule has 0 saturated carbocycles. The van der Waals surface area contributed by atoms with Crippen molar-refractivity contribution in [1.29, 1.82) is 0 Å². The third-order valence-corrected chi connectivity index (χ3v) is 7.88. The van der Waals surface area contributed by atoms with E-state index < -0.39 is 25.4 Å². The van der Waals surface area contributed by atoms with Gasteiger partial charge in [-0.15, -0.1) is 0 Å². The van der Waals surface area contributed by atoms with Gasteiger partial charge in [-0.3, -0.25) is 0 Å². The summed E-state index contributed by atoms with van der Waals surface area (Å²) in [6, 6.07) is 5.83. The minimum absolute atomic E-state index is 0.0178. The van der Waals surface area contributed by atoms with Crippen LogP contribution in [0.2, 0.25) is 5.02 Å². The molecule has 1 aromatic rings. The van der Waals surface area contributed by atoms with E-state index in [1.165, 1.54) is 31.3 Å². The van der Waals surface area contributed by atoms with Gasteiger partial charge in [0.15, 0.2) is 9.84 Å². The molecule has 8 heteroatoms. The van der Waals surface area contributed by atoms with Gasteiger partial charge < -0.3 is 0 Å². The van der Waals surface area contributed by atoms with Crippen LogP contribution in [0.4, 0.5) is 0 Å². The Hall–Kier alpha value is -0.630. The molecule has 0 amide bonds. The minimum Gasteiger partial charge on any atom is -0.229 e. The molecular weight excluding hydrogens is 322 g/mol. The molecule has 0 unspecified atom stereocenters. The molecule has 0 aliphatic carbocycles. The Balaban J connectivity index is 2.37. The number of nitrogens with zero attached hydrogens (tertiary/aromatic N) is 1. The first-order chi connectivity index (χ1) is 9.07. The smallest absolute Gasteiger partial charge is 0.229 e. The largest absolute Gasteiger partial charge is 0.243 e. The van der Waals surface area contributed by atoms with Crippen molar-refractivity contribution >= 4 is 31.5 Å². The Labute approximate surface area is 124 Å². The van der Waals surface area contributed by atoms with Gasteiger partial charge in [0.25, 0.3) is 0 Å². The first-order valence-electron chi connectivity index (χ1n) is 6.02. The maximum absolute atomic E-state index is 12.5. The predicted octanol–water partition coefficient (Wildman–Crippen LogP) is 1.54. The fraction of sp³-hybridized carbons (Fsp3) is 0.500. The Morgan fingerprint density at radius 3 is 2.25 bits per heavy atom. The van der Waals surface area contributed by atoms with Crippen LogP contribution < -0.4 is 0 Å². The second-order valence-corrected chi connectivity index (χ2v) is 9.86. The summed E-state index contributed by atoms with van der Waals surface area (Å²) in [4.78, 5) is 0.106. The number of rotatable bonds is 3. The van der Waals surface area contributed by atoms with Crippen molar-refractivity contribution in [3.8, 4) is 0 Å². The van der Waals surface area contributed by atoms with Gasteiger partial charge in [-0.25, -0.2) is 16.8 Å². The lowest BCUT2D eigenvalue weighted by Gasteiger charge is -2.33. The van der Waals surface area contributed by atoms with Crippen LogP contribution in [0, 0.1) is 0 Å². The van der Waals surface area contributed by atoms with Crippen LogP contribution in [-0.4, -0.2) is 45.2 Å². The van der Waals surface area contributed by atoms with Crippen LogP contribution in [0.1, 0.15) is 13.3 Å². The normalized spacial score (nSPS) is 26.0. The molecule has 1 aromatic carbocycles. The molecule has 0 radical (unpaired) electrons. The minimum atomic E-state index is -3.74. The lowest BCUT2D eigenvalue weighted by molar-refractivity contribution is 0.272. The van der Waals surface area contributed by atoms with Crippen molar-refractivity contribution in [1.82, 2.24) is 4.31 Å². The van der Waals surface area contributed by atoms with E-state index in [2.05, 4.69) is 0 Å². The van der Waals surface area contributed by atoms with Crippen molar-refractivity contribution in [2.45, 2.75) is 23.8 Å². The molecule has 0 bridgehead atoms. The zero-order valence-corrected chi connectivity index (χ0v) is 13.6. The van der Waals surface area contributed by atoms with Gasteiger partial charge in [0, 0.05) is 17.6 Å².